The van der Waals surface area contributed by atoms with Crippen LogP contribution in [0.5, 0.6) is 11.5 Å². The molecule has 0 aliphatic carbocycles. The Hall–Kier alpha value is -0.880. The molecule has 0 atom stereocenters. The van der Waals surface area contributed by atoms with Gasteiger partial charge in [0.2, 0.25) is 0 Å². The third-order valence-corrected chi connectivity index (χ3v) is 4.58. The van der Waals surface area contributed by atoms with Crippen molar-refractivity contribution < 1.29 is 36.2 Å². The number of rotatable bonds is 2. The summed E-state index contributed by atoms with van der Waals surface area (Å²) in [5, 5.41) is 18.0. The van der Waals surface area contributed by atoms with Crippen LogP contribution in [0.15, 0.2) is 46.2 Å². The molecule has 0 unspecified atom stereocenters. The fraction of sp³-hybridized carbons (Fsp3) is 0.143. The van der Waals surface area contributed by atoms with Gasteiger partial charge in [-0.1, -0.05) is 0 Å². The number of aromatic hydroxyl groups is 2. The van der Waals surface area contributed by atoms with Crippen LogP contribution in [0.4, 0.5) is 0 Å². The molecule has 0 fully saturated rings. The second kappa shape index (κ2) is 9.17. The predicted octanol–water partition coefficient (Wildman–Crippen LogP) is 0.829. The first-order valence-corrected chi connectivity index (χ1v) is 9.15. The Morgan fingerprint density at radius 2 is 1.00 bits per heavy atom. The predicted molar refractivity (Wildman–Crippen MR) is 87.4 cm³/mol. The van der Waals surface area contributed by atoms with E-state index in [-0.39, 0.29) is 59.0 Å². The SMILES string of the molecule is Cc1cc(S(=O)(=O)[O-])ccc1O.Cc1cc(S(=O)(=O)[O-])ccc1O.[Ca+2]. The van der Waals surface area contributed by atoms with E-state index in [4.69, 9.17) is 10.2 Å². The number of hydrogen-bond acceptors (Lipinski definition) is 8. The van der Waals surface area contributed by atoms with Gasteiger partial charge in [0.1, 0.15) is 31.7 Å². The Morgan fingerprint density at radius 1 is 0.720 bits per heavy atom. The van der Waals surface area contributed by atoms with E-state index in [0.29, 0.717) is 11.1 Å². The van der Waals surface area contributed by atoms with Crippen molar-refractivity contribution in [2.45, 2.75) is 23.6 Å². The van der Waals surface area contributed by atoms with E-state index in [1.165, 1.54) is 26.0 Å². The summed E-state index contributed by atoms with van der Waals surface area (Å²) in [7, 11) is -8.81. The van der Waals surface area contributed by atoms with Crippen molar-refractivity contribution in [3.63, 3.8) is 0 Å². The van der Waals surface area contributed by atoms with Gasteiger partial charge in [-0.3, -0.25) is 0 Å². The zero-order chi connectivity index (χ0) is 18.7. The minimum Gasteiger partial charge on any atom is -0.744 e. The van der Waals surface area contributed by atoms with Crippen molar-refractivity contribution in [1.82, 2.24) is 0 Å². The van der Waals surface area contributed by atoms with E-state index in [1.54, 1.807) is 0 Å². The molecule has 0 spiro atoms. The number of phenols is 2. The molecule has 11 heteroatoms. The quantitative estimate of drug-likeness (QED) is 0.541. The van der Waals surface area contributed by atoms with Gasteiger partial charge in [0, 0.05) is 0 Å². The summed E-state index contributed by atoms with van der Waals surface area (Å²) in [4.78, 5) is -0.643. The summed E-state index contributed by atoms with van der Waals surface area (Å²) in [5.41, 5.74) is 0.735. The molecule has 0 aliphatic rings. The third-order valence-electron chi connectivity index (χ3n) is 2.91. The first-order valence-electron chi connectivity index (χ1n) is 6.33. The van der Waals surface area contributed by atoms with Crippen LogP contribution in [0.2, 0.25) is 0 Å². The fourth-order valence-electron chi connectivity index (χ4n) is 1.57. The molecule has 2 rings (SSSR count). The van der Waals surface area contributed by atoms with Crippen molar-refractivity contribution in [2.75, 3.05) is 0 Å². The zero-order valence-corrected chi connectivity index (χ0v) is 17.2. The summed E-state index contributed by atoms with van der Waals surface area (Å²) in [6.45, 7) is 3.04. The molecule has 2 aromatic carbocycles. The second-order valence-electron chi connectivity index (χ2n) is 4.80. The molecule has 2 N–H and O–H groups in total. The van der Waals surface area contributed by atoms with E-state index in [2.05, 4.69) is 0 Å². The first kappa shape index (κ1) is 24.1. The van der Waals surface area contributed by atoms with Crippen LogP contribution < -0.4 is 0 Å². The average Bonchev–Trinajstić information content (AvgIpc) is 2.43. The van der Waals surface area contributed by atoms with Gasteiger partial charge in [-0.05, 0) is 61.4 Å². The first-order chi connectivity index (χ1) is 10.8. The Labute approximate surface area is 175 Å². The second-order valence-corrected chi connectivity index (χ2v) is 7.56. The molecule has 0 bridgehead atoms. The van der Waals surface area contributed by atoms with E-state index in [1.807, 2.05) is 0 Å². The summed E-state index contributed by atoms with van der Waals surface area (Å²) in [6, 6.07) is 6.78. The van der Waals surface area contributed by atoms with Crippen LogP contribution in [0.25, 0.3) is 0 Å². The number of benzene rings is 2. The number of aryl methyl sites for hydroxylation is 2. The van der Waals surface area contributed by atoms with Crippen LogP contribution in [0.1, 0.15) is 11.1 Å². The molecule has 0 heterocycles. The maximum atomic E-state index is 10.5. The van der Waals surface area contributed by atoms with E-state index >= 15 is 0 Å². The maximum absolute atomic E-state index is 10.5. The molecule has 2 aromatic rings. The van der Waals surface area contributed by atoms with Crippen molar-refractivity contribution >= 4 is 58.0 Å². The Balaban J connectivity index is 0.000000443. The number of hydrogen-bond donors (Lipinski definition) is 2. The van der Waals surface area contributed by atoms with Crippen molar-refractivity contribution in [3.8, 4) is 11.5 Å². The molecule has 25 heavy (non-hydrogen) atoms. The molecule has 0 amide bonds. The topological polar surface area (TPSA) is 155 Å². The average molecular weight is 414 g/mol. The normalized spacial score (nSPS) is 11.0. The zero-order valence-electron chi connectivity index (χ0n) is 13.3. The molecular weight excluding hydrogens is 400 g/mol. The van der Waals surface area contributed by atoms with Gasteiger partial charge >= 0.3 is 37.7 Å². The van der Waals surface area contributed by atoms with Crippen molar-refractivity contribution in [2.24, 2.45) is 0 Å². The van der Waals surface area contributed by atoms with Crippen LogP contribution in [-0.4, -0.2) is 73.9 Å². The van der Waals surface area contributed by atoms with Crippen LogP contribution in [0.3, 0.4) is 0 Å². The third kappa shape index (κ3) is 7.48. The molecule has 0 aromatic heterocycles. The Kier molecular flexibility index (Phi) is 8.85. The fourth-order valence-corrected chi connectivity index (χ4v) is 2.68. The summed E-state index contributed by atoms with van der Waals surface area (Å²) in [5.74, 6) is -0.0511. The molecule has 0 aliphatic heterocycles. The van der Waals surface area contributed by atoms with Gasteiger partial charge in [-0.2, -0.15) is 0 Å². The summed E-state index contributed by atoms with van der Waals surface area (Å²) in [6.07, 6.45) is 0. The number of phenolic OH excluding ortho intramolecular Hbond substituents is 2. The van der Waals surface area contributed by atoms with Crippen molar-refractivity contribution in [3.05, 3.63) is 47.5 Å². The minimum atomic E-state index is -4.40. The molecule has 0 saturated heterocycles. The van der Waals surface area contributed by atoms with Gasteiger partial charge in [0.05, 0.1) is 9.79 Å². The van der Waals surface area contributed by atoms with Gasteiger partial charge in [-0.25, -0.2) is 16.8 Å². The Morgan fingerprint density at radius 3 is 1.20 bits per heavy atom. The van der Waals surface area contributed by atoms with Gasteiger partial charge in [0.25, 0.3) is 0 Å². The van der Waals surface area contributed by atoms with Gasteiger partial charge in [-0.15, -0.1) is 0 Å². The largest absolute Gasteiger partial charge is 2.00 e. The van der Waals surface area contributed by atoms with Gasteiger partial charge in [0.15, 0.2) is 0 Å². The summed E-state index contributed by atoms with van der Waals surface area (Å²) >= 11 is 0. The van der Waals surface area contributed by atoms with Crippen molar-refractivity contribution in [1.29, 1.82) is 0 Å². The summed E-state index contributed by atoms with van der Waals surface area (Å²) < 4.78 is 62.8. The van der Waals surface area contributed by atoms with Gasteiger partial charge < -0.3 is 19.3 Å². The maximum Gasteiger partial charge on any atom is 2.00 e. The van der Waals surface area contributed by atoms with Crippen LogP contribution in [0, 0.1) is 13.8 Å². The molecule has 0 saturated carbocycles. The smallest absolute Gasteiger partial charge is 0.744 e. The van der Waals surface area contributed by atoms with Crippen LogP contribution >= 0.6 is 0 Å². The Bertz CT molecular complexity index is 873. The van der Waals surface area contributed by atoms with E-state index in [9.17, 15) is 25.9 Å². The monoisotopic (exact) mass is 414 g/mol. The molecule has 8 nitrogen and oxygen atoms in total. The van der Waals surface area contributed by atoms with E-state index < -0.39 is 20.2 Å². The molecule has 132 valence electrons. The molecular formula is C14H14CaO8S2. The molecule has 0 radical (unpaired) electrons. The van der Waals surface area contributed by atoms with Crippen LogP contribution in [-0.2, 0) is 20.2 Å². The minimum absolute atomic E-state index is 0. The standard InChI is InChI=1S/2C7H8O4S.Ca/c2*1-5-4-6(12(9,10)11)2-3-7(5)8;/h2*2-4,8H,1H3,(H,9,10,11);/q;;+2/p-2. The van der Waals surface area contributed by atoms with E-state index in [0.717, 1.165) is 24.3 Å².